The fraction of sp³-hybridized carbons (Fsp3) is 0.0833. The number of hydrazine groups is 1. The highest BCUT2D eigenvalue weighted by Crippen LogP contribution is 2.37. The van der Waals surface area contributed by atoms with E-state index in [9.17, 15) is 0 Å². The number of halogens is 4. The highest BCUT2D eigenvalue weighted by atomic mass is 79.9. The molecule has 0 saturated heterocycles. The fourth-order valence-electron chi connectivity index (χ4n) is 1.56. The van der Waals surface area contributed by atoms with Crippen LogP contribution < -0.4 is 21.3 Å². The molecule has 5 nitrogen and oxygen atoms in total. The van der Waals surface area contributed by atoms with E-state index in [1.165, 1.54) is 0 Å². The van der Waals surface area contributed by atoms with Crippen molar-refractivity contribution in [1.29, 1.82) is 0 Å². The molecule has 1 aromatic heterocycles. The maximum absolute atomic E-state index is 6.13. The number of benzene rings is 1. The van der Waals surface area contributed by atoms with Gasteiger partial charge in [0.1, 0.15) is 5.75 Å². The predicted octanol–water partition coefficient (Wildman–Crippen LogP) is 4.95. The van der Waals surface area contributed by atoms with E-state index in [4.69, 9.17) is 33.8 Å². The first-order valence-corrected chi connectivity index (χ1v) is 7.93. The molecule has 0 radical (unpaired) electrons. The summed E-state index contributed by atoms with van der Waals surface area (Å²) in [6.45, 7) is 0. The van der Waals surface area contributed by atoms with Crippen molar-refractivity contribution in [2.75, 3.05) is 17.9 Å². The minimum absolute atomic E-state index is 0.323. The van der Waals surface area contributed by atoms with E-state index in [0.29, 0.717) is 27.4 Å². The van der Waals surface area contributed by atoms with Gasteiger partial charge in [-0.2, -0.15) is 0 Å². The second-order valence-corrected chi connectivity index (χ2v) is 6.41. The smallest absolute Gasteiger partial charge is 0.161 e. The molecule has 0 aliphatic heterocycles. The maximum Gasteiger partial charge on any atom is 0.161 e. The lowest BCUT2D eigenvalue weighted by molar-refractivity contribution is 0.412. The predicted molar refractivity (Wildman–Crippen MR) is 93.7 cm³/mol. The van der Waals surface area contributed by atoms with Gasteiger partial charge in [-0.05, 0) is 44.0 Å². The Kier molecular flexibility index (Phi) is 5.56. The minimum atomic E-state index is 0.323. The molecule has 0 unspecified atom stereocenters. The zero-order chi connectivity index (χ0) is 15.6. The van der Waals surface area contributed by atoms with Crippen LogP contribution in [0.15, 0.2) is 27.1 Å². The second-order valence-electron chi connectivity index (χ2n) is 3.89. The van der Waals surface area contributed by atoms with Crippen LogP contribution >= 0.6 is 55.1 Å². The second kappa shape index (κ2) is 7.02. The van der Waals surface area contributed by atoms with Crippen LogP contribution in [0.25, 0.3) is 0 Å². The van der Waals surface area contributed by atoms with Crippen LogP contribution in [-0.4, -0.2) is 12.1 Å². The fourth-order valence-corrected chi connectivity index (χ4v) is 3.28. The molecule has 0 amide bonds. The number of ether oxygens (including phenoxy) is 1. The quantitative estimate of drug-likeness (QED) is 0.448. The summed E-state index contributed by atoms with van der Waals surface area (Å²) in [5.41, 5.74) is 3.14. The summed E-state index contributed by atoms with van der Waals surface area (Å²) in [7, 11) is 1.59. The Bertz CT molecular complexity index is 627. The van der Waals surface area contributed by atoms with E-state index in [1.807, 2.05) is 6.07 Å². The number of nitrogens with one attached hydrogen (secondary N) is 2. The molecule has 0 spiro atoms. The van der Waals surface area contributed by atoms with Gasteiger partial charge in [0, 0.05) is 10.5 Å². The minimum Gasteiger partial charge on any atom is -0.495 e. The average Bonchev–Trinajstić information content (AvgIpc) is 2.44. The van der Waals surface area contributed by atoms with Crippen molar-refractivity contribution in [3.63, 3.8) is 0 Å². The lowest BCUT2D eigenvalue weighted by Gasteiger charge is -2.13. The van der Waals surface area contributed by atoms with Crippen LogP contribution in [-0.2, 0) is 0 Å². The molecule has 1 heterocycles. The Morgan fingerprint density at radius 3 is 2.38 bits per heavy atom. The van der Waals surface area contributed by atoms with E-state index in [-0.39, 0.29) is 0 Å². The Morgan fingerprint density at radius 1 is 1.10 bits per heavy atom. The number of methoxy groups -OCH3 is 1. The van der Waals surface area contributed by atoms with E-state index < -0.39 is 0 Å². The number of nitrogen functional groups attached to an aromatic ring is 1. The van der Waals surface area contributed by atoms with Crippen LogP contribution in [0.2, 0.25) is 10.0 Å². The molecule has 1 aromatic carbocycles. The van der Waals surface area contributed by atoms with E-state index in [2.05, 4.69) is 47.6 Å². The summed E-state index contributed by atoms with van der Waals surface area (Å²) in [5.74, 6) is 6.76. The van der Waals surface area contributed by atoms with Gasteiger partial charge in [0.25, 0.3) is 0 Å². The van der Waals surface area contributed by atoms with Crippen LogP contribution in [0.3, 0.4) is 0 Å². The van der Waals surface area contributed by atoms with Gasteiger partial charge >= 0.3 is 0 Å². The zero-order valence-electron chi connectivity index (χ0n) is 10.7. The highest BCUT2D eigenvalue weighted by molar-refractivity contribution is 9.11. The van der Waals surface area contributed by atoms with E-state index in [1.54, 1.807) is 19.2 Å². The average molecular weight is 457 g/mol. The normalized spacial score (nSPS) is 10.4. The molecular weight excluding hydrogens is 447 g/mol. The number of rotatable bonds is 4. The molecule has 0 bridgehead atoms. The van der Waals surface area contributed by atoms with Crippen LogP contribution in [0.4, 0.5) is 17.3 Å². The lowest BCUT2D eigenvalue weighted by atomic mass is 10.3. The summed E-state index contributed by atoms with van der Waals surface area (Å²) in [6.07, 6.45) is 0. The summed E-state index contributed by atoms with van der Waals surface area (Å²) < 4.78 is 6.89. The van der Waals surface area contributed by atoms with Crippen LogP contribution in [0.5, 0.6) is 5.75 Å². The van der Waals surface area contributed by atoms with Gasteiger partial charge in [0.15, 0.2) is 11.6 Å². The largest absolute Gasteiger partial charge is 0.495 e. The Balaban J connectivity index is 2.42. The molecule has 0 aliphatic carbocycles. The number of anilines is 3. The molecule has 0 atom stereocenters. The molecule has 2 aromatic rings. The number of hydrogen-bond acceptors (Lipinski definition) is 5. The first-order chi connectivity index (χ1) is 9.96. The first-order valence-electron chi connectivity index (χ1n) is 5.59. The van der Waals surface area contributed by atoms with Crippen molar-refractivity contribution in [2.45, 2.75) is 0 Å². The number of nitrogens with two attached hydrogens (primary N) is 1. The van der Waals surface area contributed by atoms with Gasteiger partial charge in [0.2, 0.25) is 0 Å². The lowest BCUT2D eigenvalue weighted by Crippen LogP contribution is -2.10. The molecule has 2 rings (SSSR count). The maximum atomic E-state index is 6.13. The molecular formula is C12H10Br2Cl2N4O. The summed E-state index contributed by atoms with van der Waals surface area (Å²) >= 11 is 18.9. The first kappa shape index (κ1) is 16.6. The van der Waals surface area contributed by atoms with Crippen molar-refractivity contribution < 1.29 is 4.74 Å². The molecule has 0 saturated carbocycles. The molecule has 0 fully saturated rings. The molecule has 9 heteroatoms. The van der Waals surface area contributed by atoms with Gasteiger partial charge in [-0.1, -0.05) is 23.2 Å². The summed E-state index contributed by atoms with van der Waals surface area (Å²) in [6, 6.07) is 5.21. The number of nitrogens with zero attached hydrogens (tertiary/aromatic N) is 1. The summed E-state index contributed by atoms with van der Waals surface area (Å²) in [4.78, 5) is 4.22. The number of pyridine rings is 1. The SMILES string of the molecule is COc1cc(Nc2nc(NN)c(Cl)cc2Cl)c(Br)cc1Br. The third-order valence-corrected chi connectivity index (χ3v) is 4.41. The van der Waals surface area contributed by atoms with Gasteiger partial charge in [-0.15, -0.1) is 0 Å². The van der Waals surface area contributed by atoms with Crippen molar-refractivity contribution in [3.8, 4) is 5.75 Å². The van der Waals surface area contributed by atoms with E-state index >= 15 is 0 Å². The van der Waals surface area contributed by atoms with Crippen LogP contribution in [0.1, 0.15) is 0 Å². The van der Waals surface area contributed by atoms with Crippen molar-refractivity contribution in [1.82, 2.24) is 4.98 Å². The standard InChI is InChI=1S/C12H10Br2Cl2N4O/c1-21-10-4-9(5(13)2-6(10)14)18-11-7(15)3-8(16)12(19-11)20-17/h2-4H,17H2,1H3,(H2,18,19,20). The highest BCUT2D eigenvalue weighted by Gasteiger charge is 2.12. The Labute approximate surface area is 148 Å². The number of hydrogen-bond donors (Lipinski definition) is 3. The van der Waals surface area contributed by atoms with Gasteiger partial charge in [0.05, 0.1) is 27.3 Å². The van der Waals surface area contributed by atoms with Gasteiger partial charge < -0.3 is 15.5 Å². The molecule has 112 valence electrons. The third kappa shape index (κ3) is 3.73. The van der Waals surface area contributed by atoms with E-state index in [0.717, 1.165) is 14.6 Å². The monoisotopic (exact) mass is 454 g/mol. The van der Waals surface area contributed by atoms with Crippen molar-refractivity contribution in [3.05, 3.63) is 37.2 Å². The zero-order valence-corrected chi connectivity index (χ0v) is 15.4. The molecule has 0 aliphatic rings. The number of aromatic nitrogens is 1. The Hall–Kier alpha value is -0.730. The summed E-state index contributed by atoms with van der Waals surface area (Å²) in [5, 5.41) is 3.80. The topological polar surface area (TPSA) is 72.2 Å². The van der Waals surface area contributed by atoms with Crippen molar-refractivity contribution >= 4 is 72.4 Å². The van der Waals surface area contributed by atoms with Gasteiger partial charge in [-0.3, -0.25) is 0 Å². The Morgan fingerprint density at radius 2 is 1.76 bits per heavy atom. The van der Waals surface area contributed by atoms with Crippen molar-refractivity contribution in [2.24, 2.45) is 5.84 Å². The third-order valence-electron chi connectivity index (χ3n) is 2.56. The molecule has 4 N–H and O–H groups in total. The van der Waals surface area contributed by atoms with Crippen LogP contribution in [0, 0.1) is 0 Å². The van der Waals surface area contributed by atoms with Gasteiger partial charge in [-0.25, -0.2) is 10.8 Å². The molecule has 21 heavy (non-hydrogen) atoms.